The van der Waals surface area contributed by atoms with Crippen molar-refractivity contribution in [1.82, 2.24) is 9.88 Å². The van der Waals surface area contributed by atoms with E-state index in [1.165, 1.54) is 48.9 Å². The predicted octanol–water partition coefficient (Wildman–Crippen LogP) is 4.13. The number of hydrogen-bond acceptors (Lipinski definition) is 1. The number of nitrogens with one attached hydrogen (secondary N) is 1. The van der Waals surface area contributed by atoms with Crippen LogP contribution in [0.15, 0.2) is 24.3 Å². The van der Waals surface area contributed by atoms with Crippen molar-refractivity contribution in [2.75, 3.05) is 13.1 Å². The summed E-state index contributed by atoms with van der Waals surface area (Å²) in [5.41, 5.74) is 4.42. The Hall–Kier alpha value is -1.28. The second-order valence-corrected chi connectivity index (χ2v) is 6.70. The van der Waals surface area contributed by atoms with E-state index in [1.807, 2.05) is 0 Å². The van der Waals surface area contributed by atoms with Crippen LogP contribution in [0.25, 0.3) is 10.9 Å². The van der Waals surface area contributed by atoms with Gasteiger partial charge in [0.15, 0.2) is 0 Å². The average molecular weight is 268 g/mol. The van der Waals surface area contributed by atoms with E-state index in [0.29, 0.717) is 6.04 Å². The van der Waals surface area contributed by atoms with Crippen LogP contribution in [0.2, 0.25) is 0 Å². The molecule has 4 rings (SSSR count). The molecule has 1 aromatic carbocycles. The lowest BCUT2D eigenvalue weighted by Gasteiger charge is -2.45. The molecular formula is C18H24N2. The summed E-state index contributed by atoms with van der Waals surface area (Å²) in [5.74, 6) is 1.73. The SMILES string of the molecule is CC[C@H]1CN2CCc3c([nH]c4ccccc34)[C@@H]2C[C@H]1C. The third-order valence-electron chi connectivity index (χ3n) is 5.66. The normalized spacial score (nSPS) is 30.2. The molecule has 2 aromatic rings. The van der Waals surface area contributed by atoms with Crippen LogP contribution in [0, 0.1) is 11.8 Å². The Labute approximate surface area is 121 Å². The van der Waals surface area contributed by atoms with Crippen LogP contribution in [-0.2, 0) is 6.42 Å². The van der Waals surface area contributed by atoms with Gasteiger partial charge in [-0.05, 0) is 36.3 Å². The van der Waals surface area contributed by atoms with Gasteiger partial charge in [0.1, 0.15) is 0 Å². The number of nitrogens with zero attached hydrogens (tertiary/aromatic N) is 1. The molecule has 3 atom stereocenters. The van der Waals surface area contributed by atoms with Crippen LogP contribution in [0.4, 0.5) is 0 Å². The number of hydrogen-bond donors (Lipinski definition) is 1. The van der Waals surface area contributed by atoms with Gasteiger partial charge < -0.3 is 4.98 Å². The Morgan fingerprint density at radius 1 is 1.30 bits per heavy atom. The largest absolute Gasteiger partial charge is 0.357 e. The van der Waals surface area contributed by atoms with Crippen molar-refractivity contribution >= 4 is 10.9 Å². The van der Waals surface area contributed by atoms with Gasteiger partial charge in [-0.2, -0.15) is 0 Å². The smallest absolute Gasteiger partial charge is 0.0504 e. The zero-order chi connectivity index (χ0) is 13.7. The fraction of sp³-hybridized carbons (Fsp3) is 0.556. The van der Waals surface area contributed by atoms with Crippen molar-refractivity contribution < 1.29 is 0 Å². The molecule has 1 aromatic heterocycles. The molecule has 1 saturated heterocycles. The minimum absolute atomic E-state index is 0.629. The molecule has 0 amide bonds. The molecule has 0 saturated carbocycles. The lowest BCUT2D eigenvalue weighted by atomic mass is 9.78. The fourth-order valence-corrected chi connectivity index (χ4v) is 4.41. The van der Waals surface area contributed by atoms with Crippen LogP contribution in [0.5, 0.6) is 0 Å². The molecule has 0 unspecified atom stereocenters. The highest BCUT2D eigenvalue weighted by atomic mass is 15.2. The predicted molar refractivity (Wildman–Crippen MR) is 83.9 cm³/mol. The summed E-state index contributed by atoms with van der Waals surface area (Å²) in [4.78, 5) is 6.46. The van der Waals surface area contributed by atoms with Gasteiger partial charge in [-0.15, -0.1) is 0 Å². The lowest BCUT2D eigenvalue weighted by molar-refractivity contribution is 0.0576. The molecule has 20 heavy (non-hydrogen) atoms. The molecule has 1 N–H and O–H groups in total. The molecule has 3 heterocycles. The Morgan fingerprint density at radius 2 is 2.15 bits per heavy atom. The Bertz CT molecular complexity index is 627. The van der Waals surface area contributed by atoms with Crippen molar-refractivity contribution in [3.63, 3.8) is 0 Å². The summed E-state index contributed by atoms with van der Waals surface area (Å²) in [6.45, 7) is 7.32. The van der Waals surface area contributed by atoms with E-state index in [2.05, 4.69) is 48.0 Å². The van der Waals surface area contributed by atoms with Gasteiger partial charge in [0.25, 0.3) is 0 Å². The van der Waals surface area contributed by atoms with E-state index in [4.69, 9.17) is 0 Å². The van der Waals surface area contributed by atoms with Crippen molar-refractivity contribution in [2.24, 2.45) is 11.8 Å². The van der Waals surface area contributed by atoms with Gasteiger partial charge >= 0.3 is 0 Å². The van der Waals surface area contributed by atoms with Gasteiger partial charge in [-0.25, -0.2) is 0 Å². The summed E-state index contributed by atoms with van der Waals surface area (Å²) in [6.07, 6.45) is 3.85. The van der Waals surface area contributed by atoms with Crippen LogP contribution in [0.1, 0.15) is 44.0 Å². The number of benzene rings is 1. The third-order valence-corrected chi connectivity index (χ3v) is 5.66. The number of rotatable bonds is 1. The zero-order valence-corrected chi connectivity index (χ0v) is 12.5. The summed E-state index contributed by atoms with van der Waals surface area (Å²) < 4.78 is 0. The van der Waals surface area contributed by atoms with Crippen LogP contribution in [-0.4, -0.2) is 23.0 Å². The first-order valence-electron chi connectivity index (χ1n) is 8.11. The quantitative estimate of drug-likeness (QED) is 0.824. The lowest BCUT2D eigenvalue weighted by Crippen LogP contribution is -2.45. The maximum Gasteiger partial charge on any atom is 0.0504 e. The Balaban J connectivity index is 1.76. The summed E-state index contributed by atoms with van der Waals surface area (Å²) in [5, 5.41) is 1.45. The topological polar surface area (TPSA) is 19.0 Å². The van der Waals surface area contributed by atoms with Gasteiger partial charge in [0.05, 0.1) is 6.04 Å². The zero-order valence-electron chi connectivity index (χ0n) is 12.5. The first kappa shape index (κ1) is 12.5. The van der Waals surface area contributed by atoms with E-state index in [0.717, 1.165) is 11.8 Å². The van der Waals surface area contributed by atoms with Crippen LogP contribution >= 0.6 is 0 Å². The number of para-hydroxylation sites is 1. The maximum absolute atomic E-state index is 3.73. The maximum atomic E-state index is 3.73. The summed E-state index contributed by atoms with van der Waals surface area (Å²) in [7, 11) is 0. The number of H-pyrrole nitrogens is 1. The Morgan fingerprint density at radius 3 is 3.00 bits per heavy atom. The molecule has 2 aliphatic rings. The molecule has 2 heteroatoms. The van der Waals surface area contributed by atoms with E-state index >= 15 is 0 Å². The van der Waals surface area contributed by atoms with E-state index in [1.54, 1.807) is 5.56 Å². The molecule has 0 bridgehead atoms. The van der Waals surface area contributed by atoms with Crippen molar-refractivity contribution in [3.05, 3.63) is 35.5 Å². The monoisotopic (exact) mass is 268 g/mol. The molecule has 0 radical (unpaired) electrons. The summed E-state index contributed by atoms with van der Waals surface area (Å²) in [6, 6.07) is 9.43. The average Bonchev–Trinajstić information content (AvgIpc) is 2.85. The second kappa shape index (κ2) is 4.63. The van der Waals surface area contributed by atoms with Crippen LogP contribution < -0.4 is 0 Å². The van der Waals surface area contributed by atoms with Crippen LogP contribution in [0.3, 0.4) is 0 Å². The standard InChI is InChI=1S/C18H24N2/c1-3-13-11-20-9-8-15-14-6-4-5-7-16(14)19-18(15)17(20)10-12(13)2/h4-7,12-13,17,19H,3,8-11H2,1-2H3/t12-,13+,17+/m1/s1. The molecule has 106 valence electrons. The van der Waals surface area contributed by atoms with Crippen molar-refractivity contribution in [2.45, 2.75) is 39.2 Å². The highest BCUT2D eigenvalue weighted by molar-refractivity contribution is 5.85. The highest BCUT2D eigenvalue weighted by Crippen LogP contribution is 2.43. The van der Waals surface area contributed by atoms with Gasteiger partial charge in [-0.3, -0.25) is 4.90 Å². The minimum atomic E-state index is 0.629. The minimum Gasteiger partial charge on any atom is -0.357 e. The van der Waals surface area contributed by atoms with Crippen molar-refractivity contribution in [1.29, 1.82) is 0 Å². The fourth-order valence-electron chi connectivity index (χ4n) is 4.41. The molecule has 0 spiro atoms. The van der Waals surface area contributed by atoms with Gasteiger partial charge in [-0.1, -0.05) is 38.5 Å². The second-order valence-electron chi connectivity index (χ2n) is 6.70. The first-order chi connectivity index (χ1) is 9.78. The third kappa shape index (κ3) is 1.74. The molecule has 2 aliphatic heterocycles. The number of aromatic amines is 1. The van der Waals surface area contributed by atoms with E-state index < -0.39 is 0 Å². The number of piperidine rings is 1. The van der Waals surface area contributed by atoms with E-state index in [-0.39, 0.29) is 0 Å². The van der Waals surface area contributed by atoms with Gasteiger partial charge in [0.2, 0.25) is 0 Å². The molecule has 0 aliphatic carbocycles. The Kier molecular flexibility index (Phi) is 2.88. The van der Waals surface area contributed by atoms with Gasteiger partial charge in [0, 0.05) is 29.7 Å². The van der Waals surface area contributed by atoms with E-state index in [9.17, 15) is 0 Å². The van der Waals surface area contributed by atoms with Crippen molar-refractivity contribution in [3.8, 4) is 0 Å². The molecule has 2 nitrogen and oxygen atoms in total. The number of fused-ring (bicyclic) bond motifs is 5. The molecule has 1 fully saturated rings. The molecular weight excluding hydrogens is 244 g/mol. The highest BCUT2D eigenvalue weighted by Gasteiger charge is 2.37. The number of aromatic nitrogens is 1. The summed E-state index contributed by atoms with van der Waals surface area (Å²) >= 11 is 0. The first-order valence-corrected chi connectivity index (χ1v) is 8.11.